The van der Waals surface area contributed by atoms with Gasteiger partial charge in [-0.1, -0.05) is 35.4 Å². The highest BCUT2D eigenvalue weighted by Gasteiger charge is 2.68. The smallest absolute Gasteiger partial charge is 0.257 e. The van der Waals surface area contributed by atoms with Crippen molar-refractivity contribution in [2.45, 2.75) is 32.6 Å². The number of rotatable bonds is 3. The van der Waals surface area contributed by atoms with E-state index in [4.69, 9.17) is 16.7 Å². The molecular formula is C34H29ClN4O6S. The Morgan fingerprint density at radius 1 is 1.00 bits per heavy atom. The number of aromatic nitrogens is 2. The number of nitrogens with zero attached hydrogens (tertiary/aromatic N) is 4. The van der Waals surface area contributed by atoms with E-state index in [1.165, 1.54) is 17.0 Å². The summed E-state index contributed by atoms with van der Waals surface area (Å²) in [5, 5.41) is 26.9. The van der Waals surface area contributed by atoms with Crippen LogP contribution in [0, 0.1) is 36.0 Å². The van der Waals surface area contributed by atoms with Crippen molar-refractivity contribution in [1.29, 1.82) is 0 Å². The highest BCUT2D eigenvalue weighted by Crippen LogP contribution is 2.63. The van der Waals surface area contributed by atoms with Gasteiger partial charge >= 0.3 is 0 Å². The van der Waals surface area contributed by atoms with Gasteiger partial charge in [0.05, 0.1) is 28.0 Å². The molecule has 2 saturated heterocycles. The first-order valence-corrected chi connectivity index (χ1v) is 16.3. The van der Waals surface area contributed by atoms with E-state index in [-0.39, 0.29) is 29.6 Å². The lowest BCUT2D eigenvalue weighted by Gasteiger charge is -2.49. The first-order chi connectivity index (χ1) is 21.9. The van der Waals surface area contributed by atoms with Crippen LogP contribution in [0.25, 0.3) is 20.7 Å². The first kappa shape index (κ1) is 29.1. The zero-order valence-electron chi connectivity index (χ0n) is 25.1. The summed E-state index contributed by atoms with van der Waals surface area (Å²) >= 11 is 7.82. The van der Waals surface area contributed by atoms with Gasteiger partial charge in [0.2, 0.25) is 11.8 Å². The van der Waals surface area contributed by atoms with Crippen molar-refractivity contribution in [2.24, 2.45) is 36.1 Å². The summed E-state index contributed by atoms with van der Waals surface area (Å²) in [5.41, 5.74) is 1.91. The summed E-state index contributed by atoms with van der Waals surface area (Å²) in [7, 11) is 1.70. The lowest BCUT2D eigenvalue weighted by molar-refractivity contribution is -0.173. The van der Waals surface area contributed by atoms with E-state index in [9.17, 15) is 29.5 Å². The molecule has 2 N–H and O–H groups in total. The fourth-order valence-electron chi connectivity index (χ4n) is 8.48. The SMILES string of the molecule is Cc1c(-c2cc(N3C(=O)C4CC5C(=CCC6C(=O)N(O)C(=O)C65)C(c5ccc(O)cc5)C4(C)C3=O)n(C)n2)sc2ccc(Cl)cc12. The predicted octanol–water partition coefficient (Wildman–Crippen LogP) is 5.59. The highest BCUT2D eigenvalue weighted by molar-refractivity contribution is 7.22. The minimum atomic E-state index is -1.23. The quantitative estimate of drug-likeness (QED) is 0.167. The first-order valence-electron chi connectivity index (χ1n) is 15.1. The second-order valence-electron chi connectivity index (χ2n) is 12.9. The molecule has 0 spiro atoms. The maximum atomic E-state index is 14.7. The maximum absolute atomic E-state index is 14.7. The van der Waals surface area contributed by atoms with Crippen molar-refractivity contribution in [3.63, 3.8) is 0 Å². The van der Waals surface area contributed by atoms with E-state index in [0.29, 0.717) is 22.1 Å². The van der Waals surface area contributed by atoms with Gasteiger partial charge in [-0.15, -0.1) is 11.3 Å². The molecular weight excluding hydrogens is 628 g/mol. The molecule has 1 saturated carbocycles. The number of amides is 4. The van der Waals surface area contributed by atoms with Crippen molar-refractivity contribution >= 4 is 62.5 Å². The summed E-state index contributed by atoms with van der Waals surface area (Å²) in [5.74, 6) is -5.22. The number of carbonyl (C=O) groups excluding carboxylic acids is 4. The van der Waals surface area contributed by atoms with Gasteiger partial charge in [-0.25, -0.2) is 4.90 Å². The van der Waals surface area contributed by atoms with Crippen LogP contribution in [-0.2, 0) is 26.2 Å². The Balaban J connectivity index is 1.25. The Kier molecular flexibility index (Phi) is 6.23. The molecule has 4 heterocycles. The number of hydroxylamine groups is 2. The van der Waals surface area contributed by atoms with E-state index in [0.717, 1.165) is 26.1 Å². The molecule has 3 fully saturated rings. The molecule has 10 nitrogen and oxygen atoms in total. The fourth-order valence-corrected chi connectivity index (χ4v) is 9.80. The average molecular weight is 657 g/mol. The van der Waals surface area contributed by atoms with Crippen LogP contribution in [0.4, 0.5) is 5.82 Å². The molecule has 0 bridgehead atoms. The molecule has 6 atom stereocenters. The highest BCUT2D eigenvalue weighted by atomic mass is 35.5. The van der Waals surface area contributed by atoms with Crippen molar-refractivity contribution in [3.8, 4) is 16.3 Å². The third kappa shape index (κ3) is 3.76. The third-order valence-electron chi connectivity index (χ3n) is 10.7. The second-order valence-corrected chi connectivity index (χ2v) is 14.4. The van der Waals surface area contributed by atoms with Crippen LogP contribution in [0.2, 0.25) is 5.02 Å². The predicted molar refractivity (Wildman–Crippen MR) is 170 cm³/mol. The zero-order valence-corrected chi connectivity index (χ0v) is 26.7. The van der Waals surface area contributed by atoms with Crippen LogP contribution < -0.4 is 4.90 Å². The van der Waals surface area contributed by atoms with Gasteiger partial charge in [-0.3, -0.25) is 29.1 Å². The van der Waals surface area contributed by atoms with E-state index in [1.54, 1.807) is 48.2 Å². The molecule has 2 aliphatic carbocycles. The van der Waals surface area contributed by atoms with Crippen molar-refractivity contribution < 1.29 is 29.5 Å². The van der Waals surface area contributed by atoms with Crippen LogP contribution in [0.1, 0.15) is 36.8 Å². The van der Waals surface area contributed by atoms with Gasteiger partial charge in [-0.2, -0.15) is 10.2 Å². The minimum absolute atomic E-state index is 0.0552. The maximum Gasteiger partial charge on any atom is 0.257 e. The topological polar surface area (TPSA) is 133 Å². The number of phenolic OH excluding ortho intramolecular Hbond substituents is 1. The van der Waals surface area contributed by atoms with Crippen LogP contribution >= 0.6 is 22.9 Å². The second kappa shape index (κ2) is 9.84. The van der Waals surface area contributed by atoms with Gasteiger partial charge in [-0.05, 0) is 79.5 Å². The number of carbonyl (C=O) groups is 4. The summed E-state index contributed by atoms with van der Waals surface area (Å²) in [6, 6.07) is 14.0. The Morgan fingerprint density at radius 3 is 2.48 bits per heavy atom. The molecule has 234 valence electrons. The number of anilines is 1. The Hall–Kier alpha value is -4.32. The Bertz CT molecular complexity index is 2070. The number of imide groups is 2. The van der Waals surface area contributed by atoms with Crippen molar-refractivity contribution in [3.05, 3.63) is 76.3 Å². The number of allylic oxidation sites excluding steroid dienone is 2. The molecule has 4 amide bonds. The number of hydrogen-bond donors (Lipinski definition) is 2. The molecule has 6 unspecified atom stereocenters. The monoisotopic (exact) mass is 656 g/mol. The number of aromatic hydroxyl groups is 1. The molecule has 2 aliphatic heterocycles. The van der Waals surface area contributed by atoms with E-state index >= 15 is 0 Å². The minimum Gasteiger partial charge on any atom is -0.508 e. The molecule has 46 heavy (non-hydrogen) atoms. The lowest BCUT2D eigenvalue weighted by Crippen LogP contribution is -2.48. The summed E-state index contributed by atoms with van der Waals surface area (Å²) in [4.78, 5) is 57.3. The number of benzene rings is 2. The third-order valence-corrected chi connectivity index (χ3v) is 12.2. The fraction of sp³-hybridized carbons (Fsp3) is 0.324. The van der Waals surface area contributed by atoms with Gasteiger partial charge in [0.1, 0.15) is 17.3 Å². The van der Waals surface area contributed by atoms with Crippen molar-refractivity contribution in [2.75, 3.05) is 4.90 Å². The van der Waals surface area contributed by atoms with E-state index in [1.807, 2.05) is 31.2 Å². The number of thiophene rings is 1. The van der Waals surface area contributed by atoms with E-state index < -0.39 is 52.7 Å². The normalized spacial score (nSPS) is 29.0. The summed E-state index contributed by atoms with van der Waals surface area (Å²) in [6.07, 6.45) is 2.32. The molecule has 2 aromatic heterocycles. The number of hydrogen-bond acceptors (Lipinski definition) is 8. The lowest BCUT2D eigenvalue weighted by atomic mass is 9.51. The van der Waals surface area contributed by atoms with Crippen LogP contribution in [0.15, 0.2) is 60.2 Å². The average Bonchev–Trinajstić information content (AvgIpc) is 3.69. The molecule has 8 rings (SSSR count). The van der Waals surface area contributed by atoms with Gasteiger partial charge in [0.15, 0.2) is 0 Å². The van der Waals surface area contributed by atoms with Gasteiger partial charge < -0.3 is 5.11 Å². The molecule has 2 aromatic carbocycles. The Labute approximate surface area is 272 Å². The standard InChI is InChI=1S/C34H29ClN4O6S/c1-15-21-12-17(35)6-11-25(21)46-29(15)24-14-26(37(3)36-24)38-31(42)23-13-22-19(9-10-20-27(22)32(43)39(45)30(20)41)28(34(23,2)33(38)44)16-4-7-18(40)8-5-16/h4-9,11-12,14,20,22-23,27-28,40,45H,10,13H2,1-3H3. The summed E-state index contributed by atoms with van der Waals surface area (Å²) in [6.45, 7) is 3.80. The molecule has 4 aromatic rings. The zero-order chi connectivity index (χ0) is 32.4. The number of halogens is 1. The largest absolute Gasteiger partial charge is 0.508 e. The number of aryl methyl sites for hydroxylation is 2. The van der Waals surface area contributed by atoms with Crippen molar-refractivity contribution in [1.82, 2.24) is 14.8 Å². The number of phenols is 1. The molecule has 0 radical (unpaired) electrons. The van der Waals surface area contributed by atoms with Crippen LogP contribution in [0.3, 0.4) is 0 Å². The summed E-state index contributed by atoms with van der Waals surface area (Å²) < 4.78 is 2.59. The van der Waals surface area contributed by atoms with E-state index in [2.05, 4.69) is 0 Å². The van der Waals surface area contributed by atoms with Crippen LogP contribution in [0.5, 0.6) is 5.75 Å². The Morgan fingerprint density at radius 2 is 1.74 bits per heavy atom. The number of fused-ring (bicyclic) bond motifs is 5. The van der Waals surface area contributed by atoms with Gasteiger partial charge in [0.25, 0.3) is 11.8 Å². The molecule has 12 heteroatoms. The molecule has 4 aliphatic rings. The van der Waals surface area contributed by atoms with Crippen LogP contribution in [-0.4, -0.2) is 48.8 Å². The van der Waals surface area contributed by atoms with Gasteiger partial charge in [0, 0.05) is 28.8 Å².